The first-order valence-electron chi connectivity index (χ1n) is 4.66. The van der Waals surface area contributed by atoms with E-state index in [0.29, 0.717) is 9.65 Å². The standard InChI is InChI=1S/C11H10Br2/c12-10-8-5-9(11(10)13)7-4-2-1-3-6(7)8/h1-4,8-11H,5H2/t8-,9-,10-,11+/m0/s1. The van der Waals surface area contributed by atoms with Crippen LogP contribution < -0.4 is 0 Å². The summed E-state index contributed by atoms with van der Waals surface area (Å²) in [5.41, 5.74) is 3.15. The number of benzene rings is 1. The molecule has 0 amide bonds. The van der Waals surface area contributed by atoms with Crippen LogP contribution >= 0.6 is 31.9 Å². The van der Waals surface area contributed by atoms with Crippen LogP contribution in [0.2, 0.25) is 0 Å². The summed E-state index contributed by atoms with van der Waals surface area (Å²) in [4.78, 5) is 1.26. The maximum atomic E-state index is 3.78. The van der Waals surface area contributed by atoms with Gasteiger partial charge in [-0.2, -0.15) is 0 Å². The molecule has 0 nitrogen and oxygen atoms in total. The minimum Gasteiger partial charge on any atom is -0.0872 e. The average Bonchev–Trinajstić information content (AvgIpc) is 2.66. The van der Waals surface area contributed by atoms with Gasteiger partial charge in [-0.3, -0.25) is 0 Å². The third kappa shape index (κ3) is 1.02. The third-order valence-corrected chi connectivity index (χ3v) is 6.50. The van der Waals surface area contributed by atoms with E-state index in [1.165, 1.54) is 6.42 Å². The highest BCUT2D eigenvalue weighted by Crippen LogP contribution is 2.57. The Morgan fingerprint density at radius 3 is 1.85 bits per heavy atom. The van der Waals surface area contributed by atoms with E-state index in [0.717, 1.165) is 11.8 Å². The fourth-order valence-corrected chi connectivity index (χ4v) is 4.50. The summed E-state index contributed by atoms with van der Waals surface area (Å²) in [5.74, 6) is 1.48. The molecule has 0 heterocycles. The van der Waals surface area contributed by atoms with Gasteiger partial charge < -0.3 is 0 Å². The van der Waals surface area contributed by atoms with Gasteiger partial charge in [0.05, 0.1) is 0 Å². The molecule has 2 aliphatic rings. The van der Waals surface area contributed by atoms with Gasteiger partial charge in [0.2, 0.25) is 0 Å². The molecule has 0 spiro atoms. The predicted molar refractivity (Wildman–Crippen MR) is 62.0 cm³/mol. The minimum atomic E-state index is 0.632. The van der Waals surface area contributed by atoms with Gasteiger partial charge in [-0.1, -0.05) is 56.1 Å². The van der Waals surface area contributed by atoms with Crippen LogP contribution in [0, 0.1) is 0 Å². The Morgan fingerprint density at radius 2 is 1.38 bits per heavy atom. The largest absolute Gasteiger partial charge is 0.0872 e. The van der Waals surface area contributed by atoms with Gasteiger partial charge in [-0.25, -0.2) is 0 Å². The Bertz CT molecular complexity index is 315. The maximum absolute atomic E-state index is 3.78. The van der Waals surface area contributed by atoms with Gasteiger partial charge in [-0.05, 0) is 29.4 Å². The van der Waals surface area contributed by atoms with E-state index in [-0.39, 0.29) is 0 Å². The van der Waals surface area contributed by atoms with Crippen LogP contribution in [0.25, 0.3) is 0 Å². The second-order valence-corrected chi connectivity index (χ2v) is 6.08. The highest BCUT2D eigenvalue weighted by molar-refractivity contribution is 9.12. The van der Waals surface area contributed by atoms with Crippen molar-refractivity contribution >= 4 is 31.9 Å². The number of hydrogen-bond acceptors (Lipinski definition) is 0. The molecule has 13 heavy (non-hydrogen) atoms. The smallest absolute Gasteiger partial charge is 0.0345 e. The minimum absolute atomic E-state index is 0.632. The zero-order valence-corrected chi connectivity index (χ0v) is 10.3. The van der Waals surface area contributed by atoms with Gasteiger partial charge in [0, 0.05) is 9.65 Å². The lowest BCUT2D eigenvalue weighted by Gasteiger charge is -2.24. The summed E-state index contributed by atoms with van der Waals surface area (Å²) < 4.78 is 0. The van der Waals surface area contributed by atoms with Crippen molar-refractivity contribution in [1.29, 1.82) is 0 Å². The van der Waals surface area contributed by atoms with Crippen molar-refractivity contribution < 1.29 is 0 Å². The molecule has 1 aromatic carbocycles. The zero-order chi connectivity index (χ0) is 9.00. The quantitative estimate of drug-likeness (QED) is 0.640. The summed E-state index contributed by atoms with van der Waals surface area (Å²) in [5, 5.41) is 0. The highest BCUT2D eigenvalue weighted by atomic mass is 79.9. The molecule has 1 aromatic rings. The van der Waals surface area contributed by atoms with E-state index in [2.05, 4.69) is 56.1 Å². The Morgan fingerprint density at radius 1 is 0.923 bits per heavy atom. The Balaban J connectivity index is 2.16. The van der Waals surface area contributed by atoms with E-state index < -0.39 is 0 Å². The molecule has 2 bridgehead atoms. The van der Waals surface area contributed by atoms with Crippen LogP contribution in [0.5, 0.6) is 0 Å². The van der Waals surface area contributed by atoms with Crippen LogP contribution in [0.15, 0.2) is 24.3 Å². The normalized spacial score (nSPS) is 40.8. The van der Waals surface area contributed by atoms with Crippen LogP contribution in [-0.2, 0) is 0 Å². The van der Waals surface area contributed by atoms with Crippen molar-refractivity contribution in [2.24, 2.45) is 0 Å². The van der Waals surface area contributed by atoms with Crippen molar-refractivity contribution in [2.45, 2.75) is 27.9 Å². The SMILES string of the molecule is Br[C@@H]1[C@H](Br)[C@H]2C[C@H]1c1ccccc12. The van der Waals surface area contributed by atoms with Crippen molar-refractivity contribution in [1.82, 2.24) is 0 Å². The summed E-state index contributed by atoms with van der Waals surface area (Å²) >= 11 is 7.57. The average molecular weight is 302 g/mol. The molecule has 1 fully saturated rings. The molecule has 2 aliphatic carbocycles. The second kappa shape index (κ2) is 2.83. The summed E-state index contributed by atoms with van der Waals surface area (Å²) in [6.45, 7) is 0. The highest BCUT2D eigenvalue weighted by Gasteiger charge is 2.48. The molecule has 0 aromatic heterocycles. The van der Waals surface area contributed by atoms with E-state index in [1.807, 2.05) is 0 Å². The van der Waals surface area contributed by atoms with E-state index >= 15 is 0 Å². The fourth-order valence-electron chi connectivity index (χ4n) is 2.76. The molecule has 4 atom stereocenters. The van der Waals surface area contributed by atoms with Crippen molar-refractivity contribution in [2.75, 3.05) is 0 Å². The number of fused-ring (bicyclic) bond motifs is 5. The van der Waals surface area contributed by atoms with Gasteiger partial charge in [0.15, 0.2) is 0 Å². The van der Waals surface area contributed by atoms with E-state index in [4.69, 9.17) is 0 Å². The first-order chi connectivity index (χ1) is 6.29. The van der Waals surface area contributed by atoms with E-state index in [1.54, 1.807) is 11.1 Å². The molecule has 0 saturated heterocycles. The topological polar surface area (TPSA) is 0 Å². The molecule has 0 unspecified atom stereocenters. The lowest BCUT2D eigenvalue weighted by Crippen LogP contribution is -2.21. The summed E-state index contributed by atoms with van der Waals surface area (Å²) in [6, 6.07) is 8.88. The number of alkyl halides is 2. The number of hydrogen-bond donors (Lipinski definition) is 0. The molecule has 1 saturated carbocycles. The summed E-state index contributed by atoms with van der Waals surface area (Å²) in [6.07, 6.45) is 1.32. The number of rotatable bonds is 0. The molecule has 3 rings (SSSR count). The second-order valence-electron chi connectivity index (χ2n) is 3.97. The monoisotopic (exact) mass is 300 g/mol. The molecule has 2 heteroatoms. The van der Waals surface area contributed by atoms with Crippen molar-refractivity contribution in [3.8, 4) is 0 Å². The first-order valence-corrected chi connectivity index (χ1v) is 6.49. The number of halogens is 2. The zero-order valence-electron chi connectivity index (χ0n) is 7.08. The first kappa shape index (κ1) is 8.49. The molecular weight excluding hydrogens is 292 g/mol. The van der Waals surface area contributed by atoms with Crippen LogP contribution in [0.4, 0.5) is 0 Å². The molecule has 0 N–H and O–H groups in total. The Kier molecular flexibility index (Phi) is 1.85. The molecular formula is C11H10Br2. The van der Waals surface area contributed by atoms with Crippen molar-refractivity contribution in [3.63, 3.8) is 0 Å². The van der Waals surface area contributed by atoms with Gasteiger partial charge >= 0.3 is 0 Å². The lowest BCUT2D eigenvalue weighted by atomic mass is 9.92. The fraction of sp³-hybridized carbons (Fsp3) is 0.455. The van der Waals surface area contributed by atoms with Crippen LogP contribution in [0.1, 0.15) is 29.4 Å². The Labute approximate surface area is 95.0 Å². The Hall–Kier alpha value is 0.180. The predicted octanol–water partition coefficient (Wildman–Crippen LogP) is 3.80. The third-order valence-electron chi connectivity index (χ3n) is 3.38. The lowest BCUT2D eigenvalue weighted by molar-refractivity contribution is 0.771. The van der Waals surface area contributed by atoms with Gasteiger partial charge in [-0.15, -0.1) is 0 Å². The molecule has 68 valence electrons. The van der Waals surface area contributed by atoms with Gasteiger partial charge in [0.1, 0.15) is 0 Å². The van der Waals surface area contributed by atoms with Crippen LogP contribution in [0.3, 0.4) is 0 Å². The molecule has 0 aliphatic heterocycles. The summed E-state index contributed by atoms with van der Waals surface area (Å²) in [7, 11) is 0. The van der Waals surface area contributed by atoms with Crippen LogP contribution in [-0.4, -0.2) is 9.65 Å². The van der Waals surface area contributed by atoms with E-state index in [9.17, 15) is 0 Å². The maximum Gasteiger partial charge on any atom is 0.0345 e. The van der Waals surface area contributed by atoms with Crippen molar-refractivity contribution in [3.05, 3.63) is 35.4 Å². The van der Waals surface area contributed by atoms with Gasteiger partial charge in [0.25, 0.3) is 0 Å². The molecule has 0 radical (unpaired) electrons.